The summed E-state index contributed by atoms with van der Waals surface area (Å²) in [6.07, 6.45) is 4.04. The average molecular weight is 488 g/mol. The van der Waals surface area contributed by atoms with Gasteiger partial charge in [0.1, 0.15) is 4.88 Å². The number of aliphatic hydroxyl groups excluding tert-OH is 1. The van der Waals surface area contributed by atoms with Crippen LogP contribution in [0.1, 0.15) is 46.3 Å². The molecule has 180 valence electrons. The lowest BCUT2D eigenvalue weighted by Gasteiger charge is -2.20. The maximum absolute atomic E-state index is 14.1. The Morgan fingerprint density at radius 1 is 1.29 bits per heavy atom. The molecule has 5 nitrogen and oxygen atoms in total. The molecular weight excluding hydrogens is 460 g/mol. The lowest BCUT2D eigenvalue weighted by molar-refractivity contribution is -0.147. The number of likely N-dealkylation sites (tertiary alicyclic amines) is 1. The summed E-state index contributed by atoms with van der Waals surface area (Å²) in [5.74, 6) is -0.484. The molecule has 8 heteroatoms. The minimum Gasteiger partial charge on any atom is -0.477 e. The number of hydrogen-bond acceptors (Lipinski definition) is 4. The number of amides is 1. The first-order valence-corrected chi connectivity index (χ1v) is 11.9. The summed E-state index contributed by atoms with van der Waals surface area (Å²) < 4.78 is 28.2. The molecule has 1 saturated heterocycles. The van der Waals surface area contributed by atoms with Crippen LogP contribution in [0.3, 0.4) is 0 Å². The number of nitrogens with zero attached hydrogens (tertiary/aromatic N) is 1. The Morgan fingerprint density at radius 3 is 2.71 bits per heavy atom. The lowest BCUT2D eigenvalue weighted by atomic mass is 9.95. The summed E-state index contributed by atoms with van der Waals surface area (Å²) >= 11 is 0.975. The van der Waals surface area contributed by atoms with Gasteiger partial charge in [0, 0.05) is 6.42 Å². The number of hydrogen-bond donors (Lipinski definition) is 2. The zero-order valence-corrected chi connectivity index (χ0v) is 19.6. The molecule has 0 radical (unpaired) electrons. The van der Waals surface area contributed by atoms with Gasteiger partial charge < -0.3 is 15.1 Å². The molecule has 1 amide bonds. The van der Waals surface area contributed by atoms with E-state index in [1.165, 1.54) is 29.8 Å². The number of halogens is 2. The van der Waals surface area contributed by atoms with Crippen molar-refractivity contribution in [1.82, 2.24) is 4.90 Å². The van der Waals surface area contributed by atoms with Gasteiger partial charge >= 0.3 is 11.9 Å². The van der Waals surface area contributed by atoms with Crippen molar-refractivity contribution >= 4 is 23.2 Å². The fourth-order valence-electron chi connectivity index (χ4n) is 3.79. The summed E-state index contributed by atoms with van der Waals surface area (Å²) in [5.41, 5.74) is 1.23. The van der Waals surface area contributed by atoms with Gasteiger partial charge in [-0.05, 0) is 42.9 Å². The van der Waals surface area contributed by atoms with Crippen LogP contribution in [-0.4, -0.2) is 51.6 Å². The van der Waals surface area contributed by atoms with Crippen molar-refractivity contribution in [2.45, 2.75) is 50.7 Å². The summed E-state index contributed by atoms with van der Waals surface area (Å²) in [5, 5.41) is 19.4. The highest BCUT2D eigenvalue weighted by Gasteiger charge is 2.52. The number of thiophene rings is 1. The predicted molar refractivity (Wildman–Crippen MR) is 127 cm³/mol. The first kappa shape index (κ1) is 25.6. The average Bonchev–Trinajstić information content (AvgIpc) is 3.36. The van der Waals surface area contributed by atoms with Crippen molar-refractivity contribution in [3.05, 3.63) is 69.9 Å². The first-order chi connectivity index (χ1) is 16.2. The van der Waals surface area contributed by atoms with Crippen LogP contribution in [0.5, 0.6) is 0 Å². The Kier molecular flexibility index (Phi) is 8.59. The number of aromatic carboxylic acids is 1. The molecule has 1 aromatic carbocycles. The van der Waals surface area contributed by atoms with Gasteiger partial charge in [-0.1, -0.05) is 61.2 Å². The third kappa shape index (κ3) is 6.75. The maximum atomic E-state index is 14.1. The quantitative estimate of drug-likeness (QED) is 0.400. The number of carboxylic acid groups (broad SMARTS) is 1. The number of carbonyl (C=O) groups is 2. The van der Waals surface area contributed by atoms with E-state index in [0.717, 1.165) is 35.5 Å². The molecule has 2 aromatic rings. The molecule has 1 aliphatic heterocycles. The molecule has 34 heavy (non-hydrogen) atoms. The van der Waals surface area contributed by atoms with Crippen LogP contribution in [0.4, 0.5) is 8.78 Å². The van der Waals surface area contributed by atoms with Crippen LogP contribution in [0.25, 0.3) is 0 Å². The van der Waals surface area contributed by atoms with E-state index in [1.807, 2.05) is 25.1 Å². The van der Waals surface area contributed by atoms with Crippen molar-refractivity contribution in [1.29, 1.82) is 0 Å². The van der Waals surface area contributed by atoms with E-state index in [2.05, 4.69) is 24.0 Å². The van der Waals surface area contributed by atoms with Crippen LogP contribution in [0.15, 0.2) is 54.6 Å². The fourth-order valence-corrected chi connectivity index (χ4v) is 4.51. The molecule has 2 N–H and O–H groups in total. The number of benzene rings is 1. The molecule has 3 rings (SSSR count). The van der Waals surface area contributed by atoms with Gasteiger partial charge in [0.25, 0.3) is 5.91 Å². The summed E-state index contributed by atoms with van der Waals surface area (Å²) in [6.45, 7) is 1.69. The molecule has 0 spiro atoms. The van der Waals surface area contributed by atoms with E-state index in [9.17, 15) is 23.5 Å². The highest BCUT2D eigenvalue weighted by molar-refractivity contribution is 7.14. The van der Waals surface area contributed by atoms with E-state index in [-0.39, 0.29) is 17.3 Å². The topological polar surface area (TPSA) is 77.8 Å². The molecule has 0 bridgehead atoms. The second-order valence-electron chi connectivity index (χ2n) is 8.41. The number of alkyl halides is 2. The molecular formula is C26H27F2NO4S. The van der Waals surface area contributed by atoms with Crippen LogP contribution in [0, 0.1) is 17.8 Å². The number of rotatable bonds is 9. The van der Waals surface area contributed by atoms with Crippen LogP contribution in [-0.2, 0) is 11.2 Å². The van der Waals surface area contributed by atoms with E-state index < -0.39 is 36.4 Å². The van der Waals surface area contributed by atoms with Gasteiger partial charge in [0.15, 0.2) is 0 Å². The van der Waals surface area contributed by atoms with Crippen LogP contribution >= 0.6 is 11.3 Å². The zero-order valence-electron chi connectivity index (χ0n) is 18.8. The Morgan fingerprint density at radius 2 is 2.03 bits per heavy atom. The summed E-state index contributed by atoms with van der Waals surface area (Å²) in [7, 11) is 0. The maximum Gasteiger partial charge on any atom is 0.345 e. The minimum atomic E-state index is -3.48. The third-order valence-corrected chi connectivity index (χ3v) is 6.79. The Labute approximate surface area is 201 Å². The normalized spacial score (nSPS) is 19.1. The Hall–Kier alpha value is -3.02. The molecule has 1 fully saturated rings. The highest BCUT2D eigenvalue weighted by Crippen LogP contribution is 2.34. The molecule has 3 atom stereocenters. The van der Waals surface area contributed by atoms with Gasteiger partial charge in [-0.15, -0.1) is 11.3 Å². The molecule has 1 aliphatic rings. The smallest absolute Gasteiger partial charge is 0.345 e. The fraction of sp³-hybridized carbons (Fsp3) is 0.385. The summed E-state index contributed by atoms with van der Waals surface area (Å²) in [6, 6.07) is 12.1. The minimum absolute atomic E-state index is 0.0620. The standard InChI is InChI=1S/C26H27F2NO4S/c1-18(7-5-10-19-8-3-2-4-9-19)22(30)14-12-20-17-26(27,28)25(33)29(20)16-6-11-21-13-15-23(34-21)24(31)32/h2-4,8-9,12-15,18,20,22,30H,5,7,10,16-17H2,1H3,(H,31,32)/b14-12+/t18?,20-,22?/m0/s1. The Balaban J connectivity index is 1.57. The van der Waals surface area contributed by atoms with Crippen molar-refractivity contribution in [2.75, 3.05) is 6.54 Å². The second kappa shape index (κ2) is 11.4. The van der Waals surface area contributed by atoms with Gasteiger partial charge in [0.05, 0.1) is 23.6 Å². The lowest BCUT2D eigenvalue weighted by Crippen LogP contribution is -2.36. The zero-order chi connectivity index (χ0) is 24.7. The highest BCUT2D eigenvalue weighted by atomic mass is 32.1. The number of carbonyl (C=O) groups excluding carboxylic acids is 1. The Bertz CT molecular complexity index is 1090. The van der Waals surface area contributed by atoms with Crippen molar-refractivity contribution < 1.29 is 28.6 Å². The molecule has 0 saturated carbocycles. The molecule has 1 aromatic heterocycles. The van der Waals surface area contributed by atoms with Gasteiger partial charge in [-0.3, -0.25) is 4.79 Å². The van der Waals surface area contributed by atoms with Crippen LogP contribution < -0.4 is 0 Å². The second-order valence-corrected chi connectivity index (χ2v) is 9.49. The van der Waals surface area contributed by atoms with Crippen LogP contribution in [0.2, 0.25) is 0 Å². The molecule has 2 heterocycles. The van der Waals surface area contributed by atoms with E-state index in [4.69, 9.17) is 5.11 Å². The number of aryl methyl sites for hydroxylation is 1. The van der Waals surface area contributed by atoms with E-state index in [1.54, 1.807) is 0 Å². The monoisotopic (exact) mass is 487 g/mol. The molecule has 0 aliphatic carbocycles. The SMILES string of the molecule is CC(CCCc1ccccc1)C(O)/C=C/[C@H]1CC(F)(F)C(=O)N1CC#Cc1ccc(C(=O)O)s1. The van der Waals surface area contributed by atoms with Crippen molar-refractivity contribution in [3.8, 4) is 11.8 Å². The largest absolute Gasteiger partial charge is 0.477 e. The van der Waals surface area contributed by atoms with Gasteiger partial charge in [-0.25, -0.2) is 4.79 Å². The number of carboxylic acids is 1. The van der Waals surface area contributed by atoms with Crippen molar-refractivity contribution in [2.24, 2.45) is 5.92 Å². The van der Waals surface area contributed by atoms with Crippen molar-refractivity contribution in [3.63, 3.8) is 0 Å². The van der Waals surface area contributed by atoms with Gasteiger partial charge in [0.2, 0.25) is 0 Å². The molecule has 2 unspecified atom stereocenters. The number of aliphatic hydroxyl groups is 1. The first-order valence-electron chi connectivity index (χ1n) is 11.1. The van der Waals surface area contributed by atoms with E-state index >= 15 is 0 Å². The predicted octanol–water partition coefficient (Wildman–Crippen LogP) is 4.61. The summed E-state index contributed by atoms with van der Waals surface area (Å²) in [4.78, 5) is 24.7. The third-order valence-electron chi connectivity index (χ3n) is 5.80. The van der Waals surface area contributed by atoms with E-state index in [0.29, 0.717) is 4.88 Å². The van der Waals surface area contributed by atoms with Gasteiger partial charge in [-0.2, -0.15) is 8.78 Å².